The Balaban J connectivity index is 0.000000199. The zero-order valence-corrected chi connectivity index (χ0v) is 19.9. The molecule has 1 aliphatic carbocycles. The smallest absolute Gasteiger partial charge is 0.341 e. The number of nitrogens with two attached hydrogens (primary N) is 1. The maximum absolute atomic E-state index is 12.5. The number of aromatic carboxylic acids is 2. The number of carbonyl (C=O) groups is 2. The number of carboxylic acids is 2. The van der Waals surface area contributed by atoms with E-state index in [0.717, 1.165) is 48.9 Å². The number of carbonyl (C=O) groups excluding carboxylic acids is 1. The van der Waals surface area contributed by atoms with Crippen LogP contribution in [-0.4, -0.2) is 23.6 Å². The van der Waals surface area contributed by atoms with Crippen LogP contribution in [0.2, 0.25) is 0 Å². The fourth-order valence-electron chi connectivity index (χ4n) is 3.55. The molecule has 0 saturated carbocycles. The lowest BCUT2D eigenvalue weighted by Crippen LogP contribution is -2.83. The quantitative estimate of drug-likeness (QED) is 0.380. The highest BCUT2D eigenvalue weighted by molar-refractivity contribution is 5.88. The van der Waals surface area contributed by atoms with Crippen molar-refractivity contribution in [2.24, 2.45) is 5.92 Å². The highest BCUT2D eigenvalue weighted by atomic mass is 19.1. The molecule has 1 aliphatic rings. The SMILES string of the molecule is C1=C[C@H](C[NH2+]Cc2ccccc2)CCC1.O=C(O)c1c(F)cccc1F.O=C([O-])c1c(F)cccc1F. The van der Waals surface area contributed by atoms with Gasteiger partial charge in [-0.05, 0) is 43.5 Å². The fraction of sp³-hybridized carbons (Fsp3) is 0.214. The lowest BCUT2D eigenvalue weighted by atomic mass is 9.96. The molecule has 1 atom stereocenters. The van der Waals surface area contributed by atoms with E-state index in [1.807, 2.05) is 0 Å². The Morgan fingerprint density at radius 2 is 1.38 bits per heavy atom. The molecule has 5 nitrogen and oxygen atoms in total. The zero-order chi connectivity index (χ0) is 27.2. The molecule has 4 rings (SSSR count). The maximum Gasteiger partial charge on any atom is 0.341 e. The van der Waals surface area contributed by atoms with E-state index in [1.165, 1.54) is 31.4 Å². The molecule has 0 spiro atoms. The Hall–Kier alpha value is -3.98. The van der Waals surface area contributed by atoms with E-state index >= 15 is 0 Å². The Labute approximate surface area is 212 Å². The fourth-order valence-corrected chi connectivity index (χ4v) is 3.55. The van der Waals surface area contributed by atoms with Gasteiger partial charge in [-0.2, -0.15) is 0 Å². The molecule has 0 amide bonds. The van der Waals surface area contributed by atoms with Gasteiger partial charge in [0.2, 0.25) is 0 Å². The van der Waals surface area contributed by atoms with Crippen LogP contribution in [-0.2, 0) is 6.54 Å². The molecule has 0 aromatic heterocycles. The van der Waals surface area contributed by atoms with E-state index in [0.29, 0.717) is 0 Å². The van der Waals surface area contributed by atoms with Gasteiger partial charge in [0, 0.05) is 11.5 Å². The Kier molecular flexibility index (Phi) is 12.0. The van der Waals surface area contributed by atoms with Gasteiger partial charge < -0.3 is 20.3 Å². The van der Waals surface area contributed by atoms with Gasteiger partial charge in [0.05, 0.1) is 18.1 Å². The first kappa shape index (κ1) is 29.3. The molecule has 0 bridgehead atoms. The topological polar surface area (TPSA) is 94.0 Å². The van der Waals surface area contributed by atoms with Crippen molar-refractivity contribution in [3.05, 3.63) is 119 Å². The van der Waals surface area contributed by atoms with Gasteiger partial charge in [0.1, 0.15) is 35.4 Å². The van der Waals surface area contributed by atoms with Crippen molar-refractivity contribution in [1.82, 2.24) is 0 Å². The van der Waals surface area contributed by atoms with Crippen molar-refractivity contribution in [3.63, 3.8) is 0 Å². The Morgan fingerprint density at radius 3 is 1.78 bits per heavy atom. The maximum atomic E-state index is 12.5. The minimum absolute atomic E-state index is 0.808. The molecule has 3 N–H and O–H groups in total. The van der Waals surface area contributed by atoms with Gasteiger partial charge in [0.25, 0.3) is 0 Å². The van der Waals surface area contributed by atoms with Crippen molar-refractivity contribution in [1.29, 1.82) is 0 Å². The van der Waals surface area contributed by atoms with Gasteiger partial charge >= 0.3 is 5.97 Å². The van der Waals surface area contributed by atoms with E-state index in [-0.39, 0.29) is 0 Å². The summed E-state index contributed by atoms with van der Waals surface area (Å²) in [7, 11) is 0. The van der Waals surface area contributed by atoms with Gasteiger partial charge in [-0.15, -0.1) is 0 Å². The summed E-state index contributed by atoms with van der Waals surface area (Å²) >= 11 is 0. The van der Waals surface area contributed by atoms with Gasteiger partial charge in [-0.25, -0.2) is 22.4 Å². The highest BCUT2D eigenvalue weighted by Crippen LogP contribution is 2.15. The molecule has 3 aromatic carbocycles. The van der Waals surface area contributed by atoms with Crippen LogP contribution in [0.4, 0.5) is 17.6 Å². The summed E-state index contributed by atoms with van der Waals surface area (Å²) in [5.41, 5.74) is -0.503. The molecule has 37 heavy (non-hydrogen) atoms. The van der Waals surface area contributed by atoms with E-state index in [9.17, 15) is 32.3 Å². The summed E-state index contributed by atoms with van der Waals surface area (Å²) in [5.74, 6) is -6.99. The summed E-state index contributed by atoms with van der Waals surface area (Å²) in [6.45, 7) is 2.36. The Bertz CT molecular complexity index is 1100. The predicted octanol–water partition coefficient (Wildman–Crippen LogP) is 4.10. The molecule has 9 heteroatoms. The Morgan fingerprint density at radius 1 is 0.838 bits per heavy atom. The van der Waals surface area contributed by atoms with E-state index in [1.54, 1.807) is 0 Å². The molecule has 0 fully saturated rings. The van der Waals surface area contributed by atoms with Crippen LogP contribution in [0.15, 0.2) is 78.9 Å². The minimum Gasteiger partial charge on any atom is -0.545 e. The first-order valence-corrected chi connectivity index (χ1v) is 11.6. The number of quaternary nitrogens is 1. The minimum atomic E-state index is -1.85. The lowest BCUT2D eigenvalue weighted by Gasteiger charge is -2.14. The first-order valence-electron chi connectivity index (χ1n) is 11.6. The van der Waals surface area contributed by atoms with Gasteiger partial charge in [0.15, 0.2) is 0 Å². The largest absolute Gasteiger partial charge is 0.545 e. The third-order valence-electron chi connectivity index (χ3n) is 5.39. The average molecular weight is 518 g/mol. The van der Waals surface area contributed by atoms with Crippen LogP contribution in [0.1, 0.15) is 45.5 Å². The van der Waals surface area contributed by atoms with E-state index in [4.69, 9.17) is 5.11 Å². The van der Waals surface area contributed by atoms with Crippen molar-refractivity contribution in [2.75, 3.05) is 6.54 Å². The van der Waals surface area contributed by atoms with Crippen LogP contribution in [0.5, 0.6) is 0 Å². The second kappa shape index (κ2) is 15.2. The van der Waals surface area contributed by atoms with Crippen LogP contribution in [0.3, 0.4) is 0 Å². The molecule has 0 saturated heterocycles. The van der Waals surface area contributed by atoms with Crippen LogP contribution < -0.4 is 10.4 Å². The number of rotatable bonds is 6. The van der Waals surface area contributed by atoms with Crippen LogP contribution >= 0.6 is 0 Å². The summed E-state index contributed by atoms with van der Waals surface area (Å²) in [6, 6.07) is 16.4. The number of hydrogen-bond donors (Lipinski definition) is 2. The molecule has 0 radical (unpaired) electrons. The second-order valence-corrected chi connectivity index (χ2v) is 8.12. The van der Waals surface area contributed by atoms with Crippen molar-refractivity contribution in [2.45, 2.75) is 25.8 Å². The van der Waals surface area contributed by atoms with Gasteiger partial charge in [-0.1, -0.05) is 54.6 Å². The number of carboxylic acid groups (broad SMARTS) is 2. The normalized spacial score (nSPS) is 14.0. The van der Waals surface area contributed by atoms with E-state index < -0.39 is 46.3 Å². The average Bonchev–Trinajstić information content (AvgIpc) is 2.86. The molecule has 3 aromatic rings. The lowest BCUT2D eigenvalue weighted by molar-refractivity contribution is -0.674. The molecule has 0 unspecified atom stereocenters. The standard InChI is InChI=1S/C14H19N.2C7H4F2O2/c1-3-7-13(8-4-1)11-15-12-14-9-5-2-6-10-14;2*8-4-2-1-3-5(9)6(4)7(10)11/h1,3-5,7-9,14-15H,2,6,10-12H2;2*1-3H,(H,10,11)/t14-;;/m0../s1. The van der Waals surface area contributed by atoms with Crippen molar-refractivity contribution < 1.29 is 42.7 Å². The van der Waals surface area contributed by atoms with Crippen LogP contribution in [0, 0.1) is 29.2 Å². The van der Waals surface area contributed by atoms with Crippen molar-refractivity contribution >= 4 is 11.9 Å². The zero-order valence-electron chi connectivity index (χ0n) is 19.9. The molecular formula is C28H27F4NO4. The third-order valence-corrected chi connectivity index (χ3v) is 5.39. The number of hydrogen-bond acceptors (Lipinski definition) is 3. The monoisotopic (exact) mass is 517 g/mol. The number of allylic oxidation sites excluding steroid dienone is 1. The summed E-state index contributed by atoms with van der Waals surface area (Å²) < 4.78 is 49.8. The van der Waals surface area contributed by atoms with Crippen molar-refractivity contribution in [3.8, 4) is 0 Å². The number of halogens is 4. The first-order chi connectivity index (χ1) is 17.7. The molecule has 0 aliphatic heterocycles. The molecule has 196 valence electrons. The summed E-state index contributed by atoms with van der Waals surface area (Å²) in [6.07, 6.45) is 8.77. The molecule has 0 heterocycles. The summed E-state index contributed by atoms with van der Waals surface area (Å²) in [5, 5.41) is 20.7. The molecular weight excluding hydrogens is 490 g/mol. The van der Waals surface area contributed by atoms with Crippen LogP contribution in [0.25, 0.3) is 0 Å². The number of benzene rings is 3. The third kappa shape index (κ3) is 9.89. The second-order valence-electron chi connectivity index (χ2n) is 8.12. The highest BCUT2D eigenvalue weighted by Gasteiger charge is 2.14. The predicted molar refractivity (Wildman–Crippen MR) is 127 cm³/mol. The summed E-state index contributed by atoms with van der Waals surface area (Å²) in [4.78, 5) is 20.2. The van der Waals surface area contributed by atoms with Gasteiger partial charge in [-0.3, -0.25) is 0 Å². The van der Waals surface area contributed by atoms with E-state index in [2.05, 4.69) is 47.8 Å².